The maximum atomic E-state index is 12.9. The van der Waals surface area contributed by atoms with E-state index in [1.807, 2.05) is 0 Å². The van der Waals surface area contributed by atoms with Gasteiger partial charge in [0, 0.05) is 18.1 Å². The summed E-state index contributed by atoms with van der Waals surface area (Å²) in [5.41, 5.74) is -0.101. The Hall–Kier alpha value is -1.55. The maximum Gasteiger partial charge on any atom is 0.339 e. The number of nitrogens with zero attached hydrogens (tertiary/aromatic N) is 1. The zero-order valence-corrected chi connectivity index (χ0v) is 18.7. The minimum Gasteiger partial charge on any atom is -0.490 e. The van der Waals surface area contributed by atoms with Crippen LogP contribution in [0.4, 0.5) is 0 Å². The fourth-order valence-corrected chi connectivity index (χ4v) is 5.15. The van der Waals surface area contributed by atoms with Gasteiger partial charge in [-0.1, -0.05) is 40.9 Å². The van der Waals surface area contributed by atoms with Crippen LogP contribution in [-0.4, -0.2) is 58.2 Å². The Bertz CT molecular complexity index is 1020. The van der Waals surface area contributed by atoms with Gasteiger partial charge in [0.05, 0.1) is 28.8 Å². The lowest BCUT2D eigenvalue weighted by atomic mass is 10.2. The number of rotatable bonds is 7. The number of morpholine rings is 1. The van der Waals surface area contributed by atoms with Crippen molar-refractivity contribution in [3.8, 4) is 5.75 Å². The average Bonchev–Trinajstić information content (AvgIpc) is 2.71. The third-order valence-electron chi connectivity index (χ3n) is 4.21. The molecular weight excluding hydrogens is 477 g/mol. The molecule has 0 amide bonds. The highest BCUT2D eigenvalue weighted by molar-refractivity contribution is 7.89. The number of sulfonamides is 1. The standard InChI is InChI=1S/C19H18Cl3NO6S/c20-13-2-1-3-14(10-13)28-8-9-29-19(24)15-11-18(17(22)12-16(15)21)30(25,26)23-4-6-27-7-5-23/h1-3,10-12H,4-9H2. The summed E-state index contributed by atoms with van der Waals surface area (Å²) in [5.74, 6) is -0.258. The molecule has 30 heavy (non-hydrogen) atoms. The summed E-state index contributed by atoms with van der Waals surface area (Å²) in [6.45, 7) is 0.966. The number of benzene rings is 2. The Kier molecular flexibility index (Phi) is 7.84. The van der Waals surface area contributed by atoms with Gasteiger partial charge in [0.25, 0.3) is 0 Å². The van der Waals surface area contributed by atoms with E-state index in [1.54, 1.807) is 24.3 Å². The largest absolute Gasteiger partial charge is 0.490 e. The molecule has 1 aliphatic heterocycles. The van der Waals surface area contributed by atoms with E-state index in [0.717, 1.165) is 6.07 Å². The second-order valence-electron chi connectivity index (χ2n) is 6.22. The molecule has 0 bridgehead atoms. The average molecular weight is 495 g/mol. The molecule has 1 saturated heterocycles. The molecule has 11 heteroatoms. The van der Waals surface area contributed by atoms with Crippen molar-refractivity contribution in [2.24, 2.45) is 0 Å². The number of hydrogen-bond donors (Lipinski definition) is 0. The normalized spacial score (nSPS) is 15.0. The van der Waals surface area contributed by atoms with Crippen LogP contribution in [-0.2, 0) is 19.5 Å². The maximum absolute atomic E-state index is 12.9. The Balaban J connectivity index is 1.69. The molecule has 0 aliphatic carbocycles. The van der Waals surface area contributed by atoms with E-state index < -0.39 is 16.0 Å². The van der Waals surface area contributed by atoms with Gasteiger partial charge >= 0.3 is 5.97 Å². The van der Waals surface area contributed by atoms with Crippen molar-refractivity contribution < 1.29 is 27.4 Å². The van der Waals surface area contributed by atoms with Crippen molar-refractivity contribution in [1.82, 2.24) is 4.31 Å². The fourth-order valence-electron chi connectivity index (χ4n) is 2.74. The van der Waals surface area contributed by atoms with Gasteiger partial charge in [0.1, 0.15) is 23.9 Å². The van der Waals surface area contributed by atoms with Crippen LogP contribution in [0.3, 0.4) is 0 Å². The summed E-state index contributed by atoms with van der Waals surface area (Å²) in [7, 11) is -3.91. The molecule has 2 aromatic carbocycles. The molecule has 7 nitrogen and oxygen atoms in total. The van der Waals surface area contributed by atoms with Gasteiger partial charge in [-0.05, 0) is 30.3 Å². The zero-order valence-electron chi connectivity index (χ0n) is 15.6. The third-order valence-corrected chi connectivity index (χ3v) is 7.12. The zero-order chi connectivity index (χ0) is 21.7. The van der Waals surface area contributed by atoms with Gasteiger partial charge < -0.3 is 14.2 Å². The van der Waals surface area contributed by atoms with Crippen molar-refractivity contribution in [2.45, 2.75) is 4.90 Å². The number of hydrogen-bond acceptors (Lipinski definition) is 6. The first kappa shape index (κ1) is 23.1. The van der Waals surface area contributed by atoms with E-state index in [9.17, 15) is 13.2 Å². The summed E-state index contributed by atoms with van der Waals surface area (Å²) in [6.07, 6.45) is 0. The molecule has 162 valence electrons. The van der Waals surface area contributed by atoms with Crippen LogP contribution in [0.1, 0.15) is 10.4 Å². The summed E-state index contributed by atoms with van der Waals surface area (Å²) in [4.78, 5) is 12.2. The number of carbonyl (C=O) groups excluding carboxylic acids is 1. The molecule has 0 aromatic heterocycles. The first-order chi connectivity index (χ1) is 14.3. The summed E-state index contributed by atoms with van der Waals surface area (Å²) < 4.78 is 42.8. The summed E-state index contributed by atoms with van der Waals surface area (Å²) in [6, 6.07) is 9.13. The second-order valence-corrected chi connectivity index (χ2v) is 9.38. The molecular formula is C19H18Cl3NO6S. The lowest BCUT2D eigenvalue weighted by Crippen LogP contribution is -2.40. The Labute approximate surface area is 189 Å². The highest BCUT2D eigenvalue weighted by Gasteiger charge is 2.30. The summed E-state index contributed by atoms with van der Waals surface area (Å²) >= 11 is 18.1. The quantitative estimate of drug-likeness (QED) is 0.429. The van der Waals surface area contributed by atoms with Gasteiger partial charge in [-0.3, -0.25) is 0 Å². The van der Waals surface area contributed by atoms with Crippen LogP contribution in [0.2, 0.25) is 15.1 Å². The molecule has 3 rings (SSSR count). The first-order valence-corrected chi connectivity index (χ1v) is 11.5. The highest BCUT2D eigenvalue weighted by atomic mass is 35.5. The highest BCUT2D eigenvalue weighted by Crippen LogP contribution is 2.31. The number of esters is 1. The minimum atomic E-state index is -3.91. The van der Waals surface area contributed by atoms with Crippen molar-refractivity contribution in [3.05, 3.63) is 57.0 Å². The fraction of sp³-hybridized carbons (Fsp3) is 0.316. The Morgan fingerprint density at radius 3 is 2.47 bits per heavy atom. The van der Waals surface area contributed by atoms with Gasteiger partial charge in [0.2, 0.25) is 10.0 Å². The molecule has 0 unspecified atom stereocenters. The van der Waals surface area contributed by atoms with Crippen LogP contribution in [0.5, 0.6) is 5.75 Å². The molecule has 0 spiro atoms. The molecule has 0 N–H and O–H groups in total. The van der Waals surface area contributed by atoms with Crippen LogP contribution in [0, 0.1) is 0 Å². The molecule has 1 heterocycles. The molecule has 2 aromatic rings. The van der Waals surface area contributed by atoms with E-state index in [0.29, 0.717) is 10.8 Å². The molecule has 0 radical (unpaired) electrons. The third kappa shape index (κ3) is 5.57. The summed E-state index contributed by atoms with van der Waals surface area (Å²) in [5, 5.41) is 0.431. The Morgan fingerprint density at radius 1 is 1.03 bits per heavy atom. The van der Waals surface area contributed by atoms with Crippen LogP contribution >= 0.6 is 34.8 Å². The van der Waals surface area contributed by atoms with Crippen molar-refractivity contribution in [3.63, 3.8) is 0 Å². The van der Waals surface area contributed by atoms with E-state index in [4.69, 9.17) is 49.0 Å². The molecule has 0 atom stereocenters. The smallest absolute Gasteiger partial charge is 0.339 e. The number of ether oxygens (including phenoxy) is 3. The second kappa shape index (κ2) is 10.2. The minimum absolute atomic E-state index is 0.0123. The predicted molar refractivity (Wildman–Crippen MR) is 113 cm³/mol. The van der Waals surface area contributed by atoms with Crippen molar-refractivity contribution in [1.29, 1.82) is 0 Å². The first-order valence-electron chi connectivity index (χ1n) is 8.91. The van der Waals surface area contributed by atoms with Crippen LogP contribution in [0.15, 0.2) is 41.3 Å². The van der Waals surface area contributed by atoms with E-state index in [-0.39, 0.29) is 60.0 Å². The molecule has 0 saturated carbocycles. The van der Waals surface area contributed by atoms with Crippen molar-refractivity contribution in [2.75, 3.05) is 39.5 Å². The van der Waals surface area contributed by atoms with Crippen molar-refractivity contribution >= 4 is 50.8 Å². The van der Waals surface area contributed by atoms with E-state index in [2.05, 4.69) is 0 Å². The topological polar surface area (TPSA) is 82.1 Å². The predicted octanol–water partition coefficient (Wildman–Crippen LogP) is 3.90. The van der Waals surface area contributed by atoms with Crippen LogP contribution in [0.25, 0.3) is 0 Å². The van der Waals surface area contributed by atoms with E-state index >= 15 is 0 Å². The molecule has 1 aliphatic rings. The van der Waals surface area contributed by atoms with E-state index in [1.165, 1.54) is 10.4 Å². The number of halogens is 3. The monoisotopic (exact) mass is 493 g/mol. The number of carbonyl (C=O) groups is 1. The Morgan fingerprint density at radius 2 is 1.77 bits per heavy atom. The van der Waals surface area contributed by atoms with Gasteiger partial charge in [-0.2, -0.15) is 4.31 Å². The van der Waals surface area contributed by atoms with Gasteiger partial charge in [0.15, 0.2) is 0 Å². The lowest BCUT2D eigenvalue weighted by molar-refractivity contribution is 0.0450. The van der Waals surface area contributed by atoms with Gasteiger partial charge in [-0.15, -0.1) is 0 Å². The molecule has 1 fully saturated rings. The van der Waals surface area contributed by atoms with Gasteiger partial charge in [-0.25, -0.2) is 13.2 Å². The van der Waals surface area contributed by atoms with Crippen LogP contribution < -0.4 is 4.74 Å². The SMILES string of the molecule is O=C(OCCOc1cccc(Cl)c1)c1cc(S(=O)(=O)N2CCOCC2)c(Cl)cc1Cl. The lowest BCUT2D eigenvalue weighted by Gasteiger charge is -2.26.